The van der Waals surface area contributed by atoms with Gasteiger partial charge in [-0.05, 0) is 35.4 Å². The first-order chi connectivity index (χ1) is 10.7. The molecule has 0 saturated heterocycles. The SMILES string of the molecule is Cc1ccc(/C=N\NC(=O)Cc2cccc3ccccc23)o1. The van der Waals surface area contributed by atoms with Gasteiger partial charge in [0.2, 0.25) is 5.91 Å². The van der Waals surface area contributed by atoms with Crippen LogP contribution >= 0.6 is 0 Å². The summed E-state index contributed by atoms with van der Waals surface area (Å²) in [5.74, 6) is 1.27. The molecule has 4 heteroatoms. The minimum Gasteiger partial charge on any atom is -0.460 e. The van der Waals surface area contributed by atoms with Crippen molar-refractivity contribution in [3.63, 3.8) is 0 Å². The molecule has 0 atom stereocenters. The van der Waals surface area contributed by atoms with Gasteiger partial charge in [-0.25, -0.2) is 5.43 Å². The average molecular weight is 292 g/mol. The lowest BCUT2D eigenvalue weighted by molar-refractivity contribution is -0.120. The number of carbonyl (C=O) groups is 1. The molecule has 0 spiro atoms. The molecule has 1 aromatic heterocycles. The van der Waals surface area contributed by atoms with Gasteiger partial charge in [0.15, 0.2) is 0 Å². The highest BCUT2D eigenvalue weighted by Gasteiger charge is 2.05. The topological polar surface area (TPSA) is 54.6 Å². The maximum atomic E-state index is 12.0. The lowest BCUT2D eigenvalue weighted by atomic mass is 10.0. The highest BCUT2D eigenvalue weighted by molar-refractivity contribution is 5.90. The number of aryl methyl sites for hydroxylation is 1. The summed E-state index contributed by atoms with van der Waals surface area (Å²) >= 11 is 0. The van der Waals surface area contributed by atoms with E-state index in [0.29, 0.717) is 5.76 Å². The Kier molecular flexibility index (Phi) is 4.01. The van der Waals surface area contributed by atoms with Crippen LogP contribution in [-0.2, 0) is 11.2 Å². The third-order valence-corrected chi connectivity index (χ3v) is 3.37. The number of benzene rings is 2. The second-order valence-electron chi connectivity index (χ2n) is 5.06. The summed E-state index contributed by atoms with van der Waals surface area (Å²) < 4.78 is 5.34. The molecule has 4 nitrogen and oxygen atoms in total. The van der Waals surface area contributed by atoms with E-state index in [9.17, 15) is 4.79 Å². The Morgan fingerprint density at radius 1 is 1.14 bits per heavy atom. The Labute approximate surface area is 128 Å². The number of hydrogen-bond acceptors (Lipinski definition) is 3. The predicted octanol–water partition coefficient (Wildman–Crippen LogP) is 3.43. The standard InChI is InChI=1S/C18H16N2O2/c1-13-9-10-16(22-13)12-19-20-18(21)11-15-7-4-6-14-5-2-3-8-17(14)15/h2-10,12H,11H2,1H3,(H,20,21)/b19-12-. The van der Waals surface area contributed by atoms with E-state index in [4.69, 9.17) is 4.42 Å². The molecule has 1 amide bonds. The first-order valence-corrected chi connectivity index (χ1v) is 7.07. The normalized spacial score (nSPS) is 11.1. The van der Waals surface area contributed by atoms with E-state index in [2.05, 4.69) is 10.5 Å². The number of nitrogens with zero attached hydrogens (tertiary/aromatic N) is 1. The number of furan rings is 1. The lowest BCUT2D eigenvalue weighted by Crippen LogP contribution is -2.19. The maximum absolute atomic E-state index is 12.0. The van der Waals surface area contributed by atoms with E-state index >= 15 is 0 Å². The molecule has 1 N–H and O–H groups in total. The summed E-state index contributed by atoms with van der Waals surface area (Å²) in [7, 11) is 0. The molecule has 0 saturated carbocycles. The molecule has 0 fully saturated rings. The molecule has 0 aliphatic heterocycles. The van der Waals surface area contributed by atoms with Gasteiger partial charge < -0.3 is 4.42 Å². The van der Waals surface area contributed by atoms with Crippen LogP contribution < -0.4 is 5.43 Å². The van der Waals surface area contributed by atoms with Crippen molar-refractivity contribution in [2.24, 2.45) is 5.10 Å². The molecule has 0 aliphatic carbocycles. The van der Waals surface area contributed by atoms with Crippen molar-refractivity contribution < 1.29 is 9.21 Å². The van der Waals surface area contributed by atoms with Crippen molar-refractivity contribution in [2.45, 2.75) is 13.3 Å². The molecular formula is C18H16N2O2. The number of nitrogens with one attached hydrogen (secondary N) is 1. The monoisotopic (exact) mass is 292 g/mol. The Morgan fingerprint density at radius 2 is 1.95 bits per heavy atom. The number of fused-ring (bicyclic) bond motifs is 1. The fourth-order valence-corrected chi connectivity index (χ4v) is 2.35. The fourth-order valence-electron chi connectivity index (χ4n) is 2.35. The molecule has 3 aromatic rings. The Balaban J connectivity index is 1.67. The van der Waals surface area contributed by atoms with Crippen molar-refractivity contribution in [3.05, 3.63) is 71.7 Å². The van der Waals surface area contributed by atoms with Crippen LogP contribution in [0.25, 0.3) is 10.8 Å². The summed E-state index contributed by atoms with van der Waals surface area (Å²) in [6.45, 7) is 1.86. The van der Waals surface area contributed by atoms with Gasteiger partial charge in [-0.2, -0.15) is 5.10 Å². The fraction of sp³-hybridized carbons (Fsp3) is 0.111. The van der Waals surface area contributed by atoms with Gasteiger partial charge in [-0.15, -0.1) is 0 Å². The van der Waals surface area contributed by atoms with E-state index in [0.717, 1.165) is 22.1 Å². The van der Waals surface area contributed by atoms with E-state index in [1.54, 1.807) is 6.07 Å². The van der Waals surface area contributed by atoms with Gasteiger partial charge in [0.1, 0.15) is 11.5 Å². The zero-order valence-electron chi connectivity index (χ0n) is 12.2. The highest BCUT2D eigenvalue weighted by Crippen LogP contribution is 2.18. The minimum atomic E-state index is -0.157. The van der Waals surface area contributed by atoms with Gasteiger partial charge in [0, 0.05) is 0 Å². The van der Waals surface area contributed by atoms with Crippen molar-refractivity contribution in [3.8, 4) is 0 Å². The molecule has 2 aromatic carbocycles. The number of hydrogen-bond donors (Lipinski definition) is 1. The molecule has 1 heterocycles. The van der Waals surface area contributed by atoms with Crippen LogP contribution in [0.1, 0.15) is 17.1 Å². The van der Waals surface area contributed by atoms with E-state index in [-0.39, 0.29) is 12.3 Å². The van der Waals surface area contributed by atoms with Gasteiger partial charge in [0.25, 0.3) is 0 Å². The molecule has 110 valence electrons. The smallest absolute Gasteiger partial charge is 0.244 e. The molecular weight excluding hydrogens is 276 g/mol. The van der Waals surface area contributed by atoms with Crippen molar-refractivity contribution in [1.29, 1.82) is 0 Å². The largest absolute Gasteiger partial charge is 0.460 e. The molecule has 3 rings (SSSR count). The summed E-state index contributed by atoms with van der Waals surface area (Å²) in [6.07, 6.45) is 1.78. The van der Waals surface area contributed by atoms with Gasteiger partial charge in [0.05, 0.1) is 12.6 Å². The predicted molar refractivity (Wildman–Crippen MR) is 86.8 cm³/mol. The average Bonchev–Trinajstić information content (AvgIpc) is 2.93. The third kappa shape index (κ3) is 3.23. The second-order valence-corrected chi connectivity index (χ2v) is 5.06. The Hall–Kier alpha value is -2.88. The summed E-state index contributed by atoms with van der Waals surface area (Å²) in [5, 5.41) is 6.13. The first-order valence-electron chi connectivity index (χ1n) is 7.07. The van der Waals surface area contributed by atoms with Crippen molar-refractivity contribution in [2.75, 3.05) is 0 Å². The molecule has 0 radical (unpaired) electrons. The van der Waals surface area contributed by atoms with Crippen LogP contribution in [0.4, 0.5) is 0 Å². The van der Waals surface area contributed by atoms with E-state index < -0.39 is 0 Å². The zero-order valence-corrected chi connectivity index (χ0v) is 12.2. The quantitative estimate of drug-likeness (QED) is 0.591. The summed E-state index contributed by atoms with van der Waals surface area (Å²) in [5.41, 5.74) is 3.51. The van der Waals surface area contributed by atoms with Gasteiger partial charge in [-0.3, -0.25) is 4.79 Å². The number of hydrazone groups is 1. The van der Waals surface area contributed by atoms with Crippen LogP contribution in [0.5, 0.6) is 0 Å². The van der Waals surface area contributed by atoms with Crippen LogP contribution in [0.15, 0.2) is 64.1 Å². The third-order valence-electron chi connectivity index (χ3n) is 3.37. The molecule has 0 unspecified atom stereocenters. The van der Waals surface area contributed by atoms with Crippen molar-refractivity contribution >= 4 is 22.9 Å². The number of carbonyl (C=O) groups excluding carboxylic acids is 1. The van der Waals surface area contributed by atoms with E-state index in [1.165, 1.54) is 6.21 Å². The van der Waals surface area contributed by atoms with Crippen LogP contribution in [-0.4, -0.2) is 12.1 Å². The van der Waals surface area contributed by atoms with Crippen molar-refractivity contribution in [1.82, 2.24) is 5.43 Å². The zero-order chi connectivity index (χ0) is 15.4. The van der Waals surface area contributed by atoms with E-state index in [1.807, 2.05) is 55.5 Å². The summed E-state index contributed by atoms with van der Waals surface area (Å²) in [6, 6.07) is 17.6. The molecule has 0 aliphatic rings. The van der Waals surface area contributed by atoms with Gasteiger partial charge in [-0.1, -0.05) is 42.5 Å². The Morgan fingerprint density at radius 3 is 2.77 bits per heavy atom. The number of amides is 1. The van der Waals surface area contributed by atoms with Crippen LogP contribution in [0, 0.1) is 6.92 Å². The molecule has 0 bridgehead atoms. The highest BCUT2D eigenvalue weighted by atomic mass is 16.3. The molecule has 22 heavy (non-hydrogen) atoms. The lowest BCUT2D eigenvalue weighted by Gasteiger charge is -2.05. The second kappa shape index (κ2) is 6.26. The minimum absolute atomic E-state index is 0.157. The van der Waals surface area contributed by atoms with Crippen LogP contribution in [0.3, 0.4) is 0 Å². The van der Waals surface area contributed by atoms with Gasteiger partial charge >= 0.3 is 0 Å². The first kappa shape index (κ1) is 14.1. The van der Waals surface area contributed by atoms with Crippen LogP contribution in [0.2, 0.25) is 0 Å². The summed E-state index contributed by atoms with van der Waals surface area (Å²) in [4.78, 5) is 12.0. The Bertz CT molecular complexity index is 828. The maximum Gasteiger partial charge on any atom is 0.244 e. The number of rotatable bonds is 4.